The highest BCUT2D eigenvalue weighted by Crippen LogP contribution is 2.32. The molecule has 0 unspecified atom stereocenters. The van der Waals surface area contributed by atoms with E-state index in [1.165, 1.54) is 0 Å². The zero-order chi connectivity index (χ0) is 17.4. The lowest BCUT2D eigenvalue weighted by Crippen LogP contribution is -2.43. The Morgan fingerprint density at radius 3 is 2.35 bits per heavy atom. The lowest BCUT2D eigenvalue weighted by Gasteiger charge is -2.32. The van der Waals surface area contributed by atoms with Crippen LogP contribution in [0.2, 0.25) is 0 Å². The van der Waals surface area contributed by atoms with Crippen molar-refractivity contribution >= 4 is 21.6 Å². The van der Waals surface area contributed by atoms with Crippen LogP contribution in [0.5, 0.6) is 0 Å². The second-order valence-electron chi connectivity index (χ2n) is 6.83. The lowest BCUT2D eigenvalue weighted by molar-refractivity contribution is 0.0628. The Balaban J connectivity index is 2.32. The third-order valence-corrected chi connectivity index (χ3v) is 4.95. The zero-order valence-corrected chi connectivity index (χ0v) is 15.3. The molecule has 128 valence electrons. The highest BCUT2D eigenvalue weighted by molar-refractivity contribution is 7.92. The number of rotatable bonds is 6. The van der Waals surface area contributed by atoms with E-state index in [0.717, 1.165) is 24.7 Å². The van der Waals surface area contributed by atoms with Crippen LogP contribution in [0.25, 0.3) is 0 Å². The van der Waals surface area contributed by atoms with Gasteiger partial charge in [-0.1, -0.05) is 19.9 Å². The molecular formula is C17H26N2O3S. The van der Waals surface area contributed by atoms with E-state index in [1.54, 1.807) is 18.2 Å². The number of amides is 1. The van der Waals surface area contributed by atoms with E-state index in [9.17, 15) is 13.2 Å². The van der Waals surface area contributed by atoms with Gasteiger partial charge >= 0.3 is 0 Å². The van der Waals surface area contributed by atoms with Crippen molar-refractivity contribution in [3.63, 3.8) is 0 Å². The van der Waals surface area contributed by atoms with Crippen LogP contribution < -0.4 is 4.72 Å². The Labute approximate surface area is 139 Å². The van der Waals surface area contributed by atoms with E-state index in [4.69, 9.17) is 0 Å². The number of hydrogen-bond acceptors (Lipinski definition) is 3. The van der Waals surface area contributed by atoms with Gasteiger partial charge in [0.05, 0.1) is 11.9 Å². The molecule has 0 heterocycles. The minimum atomic E-state index is -3.37. The first-order valence-corrected chi connectivity index (χ1v) is 9.90. The Morgan fingerprint density at radius 1 is 1.26 bits per heavy atom. The van der Waals surface area contributed by atoms with Crippen LogP contribution in [0, 0.1) is 12.8 Å². The topological polar surface area (TPSA) is 66.5 Å². The number of hydrogen-bond donors (Lipinski definition) is 1. The van der Waals surface area contributed by atoms with Gasteiger partial charge in [0.15, 0.2) is 0 Å². The number of anilines is 1. The Bertz CT molecular complexity index is 694. The predicted octanol–water partition coefficient (Wildman–Crippen LogP) is 3.02. The summed E-state index contributed by atoms with van der Waals surface area (Å²) in [7, 11) is -3.37. The van der Waals surface area contributed by atoms with Gasteiger partial charge in [-0.3, -0.25) is 9.52 Å². The molecule has 1 aliphatic rings. The molecule has 1 aromatic carbocycles. The normalized spacial score (nSPS) is 16.3. The van der Waals surface area contributed by atoms with Crippen molar-refractivity contribution in [1.29, 1.82) is 0 Å². The average Bonchev–Trinajstić information content (AvgIpc) is 3.24. The first kappa shape index (κ1) is 17.8. The maximum Gasteiger partial charge on any atom is 0.254 e. The Morgan fingerprint density at radius 2 is 1.87 bits per heavy atom. The van der Waals surface area contributed by atoms with Crippen LogP contribution in [-0.2, 0) is 10.0 Å². The van der Waals surface area contributed by atoms with E-state index in [-0.39, 0.29) is 11.9 Å². The summed E-state index contributed by atoms with van der Waals surface area (Å²) < 4.78 is 25.4. The van der Waals surface area contributed by atoms with Crippen molar-refractivity contribution in [3.05, 3.63) is 29.3 Å². The number of carbonyl (C=O) groups excluding carboxylic acids is 1. The van der Waals surface area contributed by atoms with Crippen LogP contribution in [0.3, 0.4) is 0 Å². The maximum atomic E-state index is 13.0. The van der Waals surface area contributed by atoms with Crippen LogP contribution >= 0.6 is 0 Å². The molecule has 1 aliphatic carbocycles. The number of carbonyl (C=O) groups is 1. The molecule has 1 N–H and O–H groups in total. The summed E-state index contributed by atoms with van der Waals surface area (Å²) in [5, 5.41) is 0. The highest BCUT2D eigenvalue weighted by Gasteiger charge is 2.37. The van der Waals surface area contributed by atoms with Crippen molar-refractivity contribution in [1.82, 2.24) is 4.90 Å². The number of nitrogens with zero attached hydrogens (tertiary/aromatic N) is 1. The fraction of sp³-hybridized carbons (Fsp3) is 0.588. The summed E-state index contributed by atoms with van der Waals surface area (Å²) in [6, 6.07) is 5.66. The summed E-state index contributed by atoms with van der Waals surface area (Å²) in [6.07, 6.45) is 3.20. The van der Waals surface area contributed by atoms with Gasteiger partial charge in [-0.2, -0.15) is 0 Å². The third kappa shape index (κ3) is 4.47. The van der Waals surface area contributed by atoms with Crippen LogP contribution in [-0.4, -0.2) is 37.6 Å². The van der Waals surface area contributed by atoms with E-state index in [2.05, 4.69) is 25.5 Å². The molecule has 23 heavy (non-hydrogen) atoms. The summed E-state index contributed by atoms with van der Waals surface area (Å²) >= 11 is 0. The van der Waals surface area contributed by atoms with Gasteiger partial charge in [0.2, 0.25) is 10.0 Å². The molecule has 0 aromatic heterocycles. The number of benzene rings is 1. The number of aryl methyl sites for hydroxylation is 1. The van der Waals surface area contributed by atoms with Crippen molar-refractivity contribution in [2.24, 2.45) is 5.92 Å². The largest absolute Gasteiger partial charge is 0.333 e. The van der Waals surface area contributed by atoms with Crippen molar-refractivity contribution < 1.29 is 13.2 Å². The molecule has 5 nitrogen and oxygen atoms in total. The van der Waals surface area contributed by atoms with Crippen LogP contribution in [0.15, 0.2) is 18.2 Å². The van der Waals surface area contributed by atoms with Crippen LogP contribution in [0.4, 0.5) is 5.69 Å². The number of sulfonamides is 1. The lowest BCUT2D eigenvalue weighted by atomic mass is 10.0. The summed E-state index contributed by atoms with van der Waals surface area (Å²) in [5.74, 6) is 0.351. The summed E-state index contributed by atoms with van der Waals surface area (Å²) in [4.78, 5) is 14.9. The molecule has 0 bridgehead atoms. The Kier molecular flexibility index (Phi) is 5.04. The molecule has 1 saturated carbocycles. The molecule has 0 saturated heterocycles. The minimum absolute atomic E-state index is 0.0229. The van der Waals surface area contributed by atoms with Gasteiger partial charge in [0, 0.05) is 17.6 Å². The fourth-order valence-corrected chi connectivity index (χ4v) is 3.19. The van der Waals surface area contributed by atoms with Crippen molar-refractivity contribution in [3.8, 4) is 0 Å². The quantitative estimate of drug-likeness (QED) is 0.867. The average molecular weight is 338 g/mol. The molecule has 0 aliphatic heterocycles. The van der Waals surface area contributed by atoms with E-state index >= 15 is 0 Å². The zero-order valence-electron chi connectivity index (χ0n) is 14.5. The Hall–Kier alpha value is -1.56. The second-order valence-corrected chi connectivity index (χ2v) is 8.58. The van der Waals surface area contributed by atoms with Gasteiger partial charge in [-0.05, 0) is 50.3 Å². The number of nitrogens with one attached hydrogen (secondary N) is 1. The molecule has 0 radical (unpaired) electrons. The van der Waals surface area contributed by atoms with Gasteiger partial charge in [-0.15, -0.1) is 0 Å². The fourth-order valence-electron chi connectivity index (χ4n) is 2.57. The van der Waals surface area contributed by atoms with Crippen molar-refractivity contribution in [2.75, 3.05) is 11.0 Å². The van der Waals surface area contributed by atoms with E-state index in [0.29, 0.717) is 23.2 Å². The smallest absolute Gasteiger partial charge is 0.254 e. The monoisotopic (exact) mass is 338 g/mol. The maximum absolute atomic E-state index is 13.0. The van der Waals surface area contributed by atoms with E-state index < -0.39 is 10.0 Å². The van der Waals surface area contributed by atoms with Gasteiger partial charge in [0.1, 0.15) is 0 Å². The molecular weight excluding hydrogens is 312 g/mol. The molecule has 0 spiro atoms. The van der Waals surface area contributed by atoms with Gasteiger partial charge in [-0.25, -0.2) is 8.42 Å². The molecule has 1 atom stereocenters. The van der Waals surface area contributed by atoms with Crippen molar-refractivity contribution in [2.45, 2.75) is 52.6 Å². The first-order chi connectivity index (χ1) is 10.6. The van der Waals surface area contributed by atoms with E-state index in [1.807, 2.05) is 11.8 Å². The first-order valence-electron chi connectivity index (χ1n) is 8.01. The molecule has 1 aromatic rings. The summed E-state index contributed by atoms with van der Waals surface area (Å²) in [6.45, 7) is 8.11. The highest BCUT2D eigenvalue weighted by atomic mass is 32.2. The van der Waals surface area contributed by atoms with Gasteiger partial charge in [0.25, 0.3) is 5.91 Å². The third-order valence-electron chi connectivity index (χ3n) is 4.36. The molecule has 1 fully saturated rings. The molecule has 2 rings (SSSR count). The van der Waals surface area contributed by atoms with Gasteiger partial charge < -0.3 is 4.90 Å². The molecule has 1 amide bonds. The van der Waals surface area contributed by atoms with Crippen LogP contribution in [0.1, 0.15) is 49.5 Å². The second kappa shape index (κ2) is 6.51. The minimum Gasteiger partial charge on any atom is -0.333 e. The predicted molar refractivity (Wildman–Crippen MR) is 93.1 cm³/mol. The standard InChI is InChI=1S/C17H26N2O3S/c1-11(2)13(4)19(15-8-9-15)17(20)14-7-6-12(3)16(10-14)18-23(5,21)22/h6-7,10-11,13,15,18H,8-9H2,1-5H3/t13-/m1/s1. The summed E-state index contributed by atoms with van der Waals surface area (Å²) in [5.41, 5.74) is 1.79. The molecule has 6 heteroatoms. The SMILES string of the molecule is Cc1ccc(C(=O)N(C2CC2)[C@H](C)C(C)C)cc1NS(C)(=O)=O.